The first-order valence-electron chi connectivity index (χ1n) is 12.2. The molecule has 2 saturated heterocycles. The number of benzene rings is 2. The van der Waals surface area contributed by atoms with Gasteiger partial charge in [0.05, 0.1) is 17.6 Å². The van der Waals surface area contributed by atoms with Crippen LogP contribution in [-0.2, 0) is 16.6 Å². The van der Waals surface area contributed by atoms with E-state index in [9.17, 15) is 13.2 Å². The number of likely N-dealkylation sites (tertiary alicyclic amines) is 1. The second kappa shape index (κ2) is 11.3. The van der Waals surface area contributed by atoms with Crippen LogP contribution in [0.25, 0.3) is 0 Å². The molecule has 0 saturated carbocycles. The fourth-order valence-electron chi connectivity index (χ4n) is 4.80. The lowest BCUT2D eigenvalue weighted by Gasteiger charge is -2.32. The van der Waals surface area contributed by atoms with E-state index in [0.29, 0.717) is 18.8 Å². The molecule has 2 aliphatic rings. The van der Waals surface area contributed by atoms with Gasteiger partial charge in [0.15, 0.2) is 0 Å². The second-order valence-electron chi connectivity index (χ2n) is 9.19. The first-order chi connectivity index (χ1) is 16.5. The van der Waals surface area contributed by atoms with Crippen LogP contribution in [0.1, 0.15) is 54.4 Å². The van der Waals surface area contributed by atoms with Gasteiger partial charge in [-0.2, -0.15) is 4.31 Å². The predicted octanol–water partition coefficient (Wildman–Crippen LogP) is 3.65. The van der Waals surface area contributed by atoms with E-state index in [4.69, 9.17) is 4.74 Å². The van der Waals surface area contributed by atoms with E-state index >= 15 is 0 Å². The second-order valence-corrected chi connectivity index (χ2v) is 11.1. The van der Waals surface area contributed by atoms with E-state index in [-0.39, 0.29) is 22.4 Å². The van der Waals surface area contributed by atoms with Gasteiger partial charge in [-0.1, -0.05) is 43.2 Å². The number of hydrogen-bond donors (Lipinski definition) is 1. The summed E-state index contributed by atoms with van der Waals surface area (Å²) in [6.07, 6.45) is 5.54. The topological polar surface area (TPSA) is 79.0 Å². The molecule has 34 heavy (non-hydrogen) atoms. The maximum absolute atomic E-state index is 13.2. The molecule has 2 heterocycles. The van der Waals surface area contributed by atoms with Crippen LogP contribution < -0.4 is 10.1 Å². The molecule has 1 amide bonds. The number of ether oxygens (including phenoxy) is 1. The number of amides is 1. The van der Waals surface area contributed by atoms with Gasteiger partial charge in [-0.05, 0) is 49.4 Å². The van der Waals surface area contributed by atoms with Gasteiger partial charge in [-0.3, -0.25) is 9.69 Å². The summed E-state index contributed by atoms with van der Waals surface area (Å²) >= 11 is 0. The minimum absolute atomic E-state index is 0.0510. The van der Waals surface area contributed by atoms with Gasteiger partial charge in [0.1, 0.15) is 5.75 Å². The van der Waals surface area contributed by atoms with E-state index in [0.717, 1.165) is 58.2 Å². The van der Waals surface area contributed by atoms with E-state index in [1.54, 1.807) is 10.4 Å². The van der Waals surface area contributed by atoms with Crippen LogP contribution in [-0.4, -0.2) is 62.9 Å². The maximum Gasteiger partial charge on any atom is 0.255 e. The highest BCUT2D eigenvalue weighted by atomic mass is 32.2. The summed E-state index contributed by atoms with van der Waals surface area (Å²) in [6, 6.07) is 15.0. The smallest absolute Gasteiger partial charge is 0.255 e. The Labute approximate surface area is 203 Å². The largest absolute Gasteiger partial charge is 0.496 e. The van der Waals surface area contributed by atoms with Crippen LogP contribution in [0, 0.1) is 0 Å². The fraction of sp³-hybridized carbons (Fsp3) is 0.500. The molecule has 1 N–H and O–H groups in total. The summed E-state index contributed by atoms with van der Waals surface area (Å²) in [6.45, 7) is 3.77. The monoisotopic (exact) mass is 485 g/mol. The number of rotatable bonds is 7. The quantitative estimate of drug-likeness (QED) is 0.648. The Morgan fingerprint density at radius 1 is 0.971 bits per heavy atom. The number of methoxy groups -OCH3 is 1. The number of nitrogens with one attached hydrogen (secondary N) is 1. The summed E-state index contributed by atoms with van der Waals surface area (Å²) in [4.78, 5) is 15.7. The minimum atomic E-state index is -3.65. The summed E-state index contributed by atoms with van der Waals surface area (Å²) in [5, 5.41) is 3.11. The molecule has 0 aliphatic carbocycles. The minimum Gasteiger partial charge on any atom is -0.496 e. The Bertz CT molecular complexity index is 1060. The number of carbonyl (C=O) groups is 1. The zero-order valence-electron chi connectivity index (χ0n) is 19.9. The van der Waals surface area contributed by atoms with E-state index in [1.165, 1.54) is 24.8 Å². The summed E-state index contributed by atoms with van der Waals surface area (Å²) in [5.41, 5.74) is 1.56. The molecule has 184 valence electrons. The normalized spacial score (nSPS) is 18.9. The highest BCUT2D eigenvalue weighted by Crippen LogP contribution is 2.27. The molecule has 2 aromatic carbocycles. The number of hydrogen-bond acceptors (Lipinski definition) is 5. The average molecular weight is 486 g/mol. The summed E-state index contributed by atoms with van der Waals surface area (Å²) in [5.74, 6) is 0.0973. The number of sulfonamides is 1. The van der Waals surface area contributed by atoms with Crippen molar-refractivity contribution < 1.29 is 17.9 Å². The average Bonchev–Trinajstić information content (AvgIpc) is 3.16. The van der Waals surface area contributed by atoms with Gasteiger partial charge in [0, 0.05) is 38.8 Å². The van der Waals surface area contributed by atoms with Crippen molar-refractivity contribution in [3.63, 3.8) is 0 Å². The molecule has 7 nitrogen and oxygen atoms in total. The molecule has 0 radical (unpaired) electrons. The van der Waals surface area contributed by atoms with Gasteiger partial charge >= 0.3 is 0 Å². The molecule has 2 fully saturated rings. The Kier molecular flexibility index (Phi) is 8.24. The Morgan fingerprint density at radius 3 is 2.29 bits per heavy atom. The lowest BCUT2D eigenvalue weighted by molar-refractivity contribution is 0.0905. The van der Waals surface area contributed by atoms with Crippen molar-refractivity contribution in [3.8, 4) is 5.75 Å². The van der Waals surface area contributed by atoms with Crippen molar-refractivity contribution in [1.82, 2.24) is 14.5 Å². The zero-order chi connectivity index (χ0) is 24.0. The van der Waals surface area contributed by atoms with Crippen LogP contribution in [0.15, 0.2) is 53.4 Å². The van der Waals surface area contributed by atoms with Crippen molar-refractivity contribution >= 4 is 15.9 Å². The summed E-state index contributed by atoms with van der Waals surface area (Å²) < 4.78 is 33.4. The molecule has 2 aliphatic heterocycles. The first kappa shape index (κ1) is 24.7. The van der Waals surface area contributed by atoms with Gasteiger partial charge in [0.2, 0.25) is 10.0 Å². The van der Waals surface area contributed by atoms with Gasteiger partial charge in [-0.25, -0.2) is 8.42 Å². The van der Waals surface area contributed by atoms with Crippen molar-refractivity contribution in [3.05, 3.63) is 59.7 Å². The van der Waals surface area contributed by atoms with Crippen molar-refractivity contribution in [2.24, 2.45) is 0 Å². The zero-order valence-corrected chi connectivity index (χ0v) is 20.7. The van der Waals surface area contributed by atoms with Crippen molar-refractivity contribution in [2.75, 3.05) is 33.3 Å². The third-order valence-electron chi connectivity index (χ3n) is 6.79. The molecular formula is C26H35N3O4S. The molecule has 0 spiro atoms. The van der Waals surface area contributed by atoms with E-state index in [1.807, 2.05) is 6.07 Å². The molecule has 0 unspecified atom stereocenters. The molecule has 4 rings (SSSR count). The molecule has 0 atom stereocenters. The third kappa shape index (κ3) is 5.98. The molecular weight excluding hydrogens is 450 g/mol. The lowest BCUT2D eigenvalue weighted by Crippen LogP contribution is -2.44. The van der Waals surface area contributed by atoms with Crippen LogP contribution in [0.5, 0.6) is 5.75 Å². The highest BCUT2D eigenvalue weighted by Gasteiger charge is 2.28. The molecule has 0 bridgehead atoms. The predicted molar refractivity (Wildman–Crippen MR) is 132 cm³/mol. The standard InChI is InChI=1S/C26H35N3O4S/c1-33-25-12-11-23(34(31,32)29-15-7-2-3-8-16-29)19-24(25)26(30)27-22-13-17-28(18-14-22)20-21-9-5-4-6-10-21/h4-6,9-12,19,22H,2-3,7-8,13-18,20H2,1H3,(H,27,30). The van der Waals surface area contributed by atoms with Crippen LogP contribution in [0.4, 0.5) is 0 Å². The number of nitrogens with zero attached hydrogens (tertiary/aromatic N) is 2. The lowest BCUT2D eigenvalue weighted by atomic mass is 10.0. The number of carbonyl (C=O) groups excluding carboxylic acids is 1. The molecule has 8 heteroatoms. The van der Waals surface area contributed by atoms with Crippen LogP contribution in [0.3, 0.4) is 0 Å². The summed E-state index contributed by atoms with van der Waals surface area (Å²) in [7, 11) is -2.15. The number of piperidine rings is 1. The first-order valence-corrected chi connectivity index (χ1v) is 13.7. The Morgan fingerprint density at radius 2 is 1.65 bits per heavy atom. The van der Waals surface area contributed by atoms with Gasteiger partial charge in [0.25, 0.3) is 5.91 Å². The van der Waals surface area contributed by atoms with Gasteiger partial charge in [-0.15, -0.1) is 0 Å². The van der Waals surface area contributed by atoms with Crippen LogP contribution >= 0.6 is 0 Å². The SMILES string of the molecule is COc1ccc(S(=O)(=O)N2CCCCCC2)cc1C(=O)NC1CCN(Cc2ccccc2)CC1. The highest BCUT2D eigenvalue weighted by molar-refractivity contribution is 7.89. The van der Waals surface area contributed by atoms with E-state index < -0.39 is 10.0 Å². The molecule has 0 aromatic heterocycles. The van der Waals surface area contributed by atoms with Crippen molar-refractivity contribution in [2.45, 2.75) is 56.0 Å². The van der Waals surface area contributed by atoms with E-state index in [2.05, 4.69) is 34.5 Å². The fourth-order valence-corrected chi connectivity index (χ4v) is 6.34. The maximum atomic E-state index is 13.2. The third-order valence-corrected chi connectivity index (χ3v) is 8.68. The van der Waals surface area contributed by atoms with Gasteiger partial charge < -0.3 is 10.1 Å². The Hall–Kier alpha value is -2.42. The van der Waals surface area contributed by atoms with Crippen molar-refractivity contribution in [1.29, 1.82) is 0 Å². The molecule has 2 aromatic rings. The Balaban J connectivity index is 1.41. The van der Waals surface area contributed by atoms with Crippen LogP contribution in [0.2, 0.25) is 0 Å².